The maximum Gasteiger partial charge on any atom is 0.481 e. The Labute approximate surface area is 356 Å². The average Bonchev–Trinajstić information content (AvgIpc) is 3.46. The van der Waals surface area contributed by atoms with Crippen LogP contribution in [0.5, 0.6) is 0 Å². The van der Waals surface area contributed by atoms with E-state index in [2.05, 4.69) is 23.1 Å². The molecule has 0 spiro atoms. The minimum absolute atomic E-state index is 0.0779. The number of thioether (sulfide) groups is 1. The molecule has 16 nitrogen and oxygen atoms in total. The number of aliphatic hydroxyl groups is 2. The first-order valence-electron chi connectivity index (χ1n) is 22.1. The number of phosphoric ester groups is 2. The van der Waals surface area contributed by atoms with Crippen molar-refractivity contribution in [1.29, 1.82) is 0 Å². The zero-order valence-electron chi connectivity index (χ0n) is 35.6. The maximum absolute atomic E-state index is 12.8. The molecule has 2 heterocycles. The van der Waals surface area contributed by atoms with Crippen molar-refractivity contribution < 1.29 is 56.8 Å². The van der Waals surface area contributed by atoms with Crippen molar-refractivity contribution in [3.8, 4) is 0 Å². The SMILES string of the molecule is CCCCCCCCCCCCCCSCC(COP(=O)(O)OP(=O)(O)OC[C@H]1OC(n2ccc(N)nc2=O)[C@@H](O)[C@@H]1O)OC(=O)CCCCCCCCCCCCC. The van der Waals surface area contributed by atoms with E-state index in [1.54, 1.807) is 0 Å². The van der Waals surface area contributed by atoms with Crippen LogP contribution in [0.1, 0.15) is 174 Å². The van der Waals surface area contributed by atoms with Crippen molar-refractivity contribution >= 4 is 39.2 Å². The zero-order valence-corrected chi connectivity index (χ0v) is 38.2. The highest BCUT2D eigenvalue weighted by atomic mass is 32.2. The van der Waals surface area contributed by atoms with E-state index in [1.165, 1.54) is 127 Å². The number of nitrogens with two attached hydrogens (primary N) is 1. The molecule has 6 N–H and O–H groups in total. The van der Waals surface area contributed by atoms with Gasteiger partial charge < -0.3 is 35.2 Å². The first-order chi connectivity index (χ1) is 28.3. The number of carbonyl (C=O) groups excluding carboxylic acids is 1. The van der Waals surface area contributed by atoms with Crippen LogP contribution in [0, 0.1) is 0 Å². The molecule has 1 saturated heterocycles. The van der Waals surface area contributed by atoms with Gasteiger partial charge in [-0.3, -0.25) is 18.4 Å². The molecule has 4 unspecified atom stereocenters. The monoisotopic (exact) mass is 899 g/mol. The number of carbonyl (C=O) groups is 1. The van der Waals surface area contributed by atoms with Gasteiger partial charge in [0.2, 0.25) is 0 Å². The molecule has 1 aromatic rings. The maximum atomic E-state index is 12.8. The predicted molar refractivity (Wildman–Crippen MR) is 231 cm³/mol. The minimum Gasteiger partial charge on any atom is -0.459 e. The van der Waals surface area contributed by atoms with Gasteiger partial charge in [-0.05, 0) is 24.7 Å². The lowest BCUT2D eigenvalue weighted by molar-refractivity contribution is -0.149. The van der Waals surface area contributed by atoms with Crippen molar-refractivity contribution in [3.63, 3.8) is 0 Å². The summed E-state index contributed by atoms with van der Waals surface area (Å²) < 4.78 is 51.7. The molecule has 344 valence electrons. The van der Waals surface area contributed by atoms with Crippen LogP contribution in [0.2, 0.25) is 0 Å². The lowest BCUT2D eigenvalue weighted by Gasteiger charge is -2.21. The van der Waals surface area contributed by atoms with Gasteiger partial charge in [0.25, 0.3) is 0 Å². The fourth-order valence-corrected chi connectivity index (χ4v) is 9.91. The summed E-state index contributed by atoms with van der Waals surface area (Å²) in [5, 5.41) is 20.8. The first-order valence-corrected chi connectivity index (χ1v) is 26.2. The van der Waals surface area contributed by atoms with Crippen molar-refractivity contribution in [2.75, 3.05) is 30.5 Å². The number of aliphatic hydroxyl groups excluding tert-OH is 2. The molecule has 2 rings (SSSR count). The number of hydrogen-bond acceptors (Lipinski definition) is 14. The Kier molecular flexibility index (Phi) is 28.7. The summed E-state index contributed by atoms with van der Waals surface area (Å²) >= 11 is 1.53. The Morgan fingerprint density at radius 3 is 1.81 bits per heavy atom. The molecule has 1 aliphatic heterocycles. The molecule has 19 heteroatoms. The summed E-state index contributed by atoms with van der Waals surface area (Å²) in [4.78, 5) is 49.1. The summed E-state index contributed by atoms with van der Waals surface area (Å²) in [6.45, 7) is 2.98. The Morgan fingerprint density at radius 1 is 0.797 bits per heavy atom. The first kappa shape index (κ1) is 53.8. The molecule has 1 aromatic heterocycles. The van der Waals surface area contributed by atoms with Crippen LogP contribution >= 0.6 is 27.4 Å². The number of rotatable bonds is 37. The van der Waals surface area contributed by atoms with Gasteiger partial charge in [-0.15, -0.1) is 0 Å². The fraction of sp³-hybridized carbons (Fsp3) is 0.875. The normalized spacial score (nSPS) is 20.6. The second-order valence-electron chi connectivity index (χ2n) is 15.6. The van der Waals surface area contributed by atoms with Gasteiger partial charge in [-0.25, -0.2) is 13.9 Å². The summed E-state index contributed by atoms with van der Waals surface area (Å²) in [6.07, 6.45) is 21.5. The number of ether oxygens (including phenoxy) is 2. The molecule has 0 radical (unpaired) electrons. The molecule has 0 amide bonds. The highest BCUT2D eigenvalue weighted by Crippen LogP contribution is 2.60. The van der Waals surface area contributed by atoms with E-state index in [-0.39, 0.29) is 18.0 Å². The molecule has 0 bridgehead atoms. The van der Waals surface area contributed by atoms with Crippen molar-refractivity contribution in [2.24, 2.45) is 0 Å². The Bertz CT molecular complexity index is 1430. The Hall–Kier alpha value is -1.36. The summed E-state index contributed by atoms with van der Waals surface area (Å²) in [6, 6.07) is 1.27. The molecular formula is C40H75N3O13P2S. The van der Waals surface area contributed by atoms with E-state index >= 15 is 0 Å². The average molecular weight is 900 g/mol. The van der Waals surface area contributed by atoms with E-state index in [4.69, 9.17) is 24.3 Å². The second-order valence-corrected chi connectivity index (χ2v) is 19.8. The Morgan fingerprint density at radius 2 is 1.29 bits per heavy atom. The smallest absolute Gasteiger partial charge is 0.459 e. The van der Waals surface area contributed by atoms with Crippen LogP contribution in [0.15, 0.2) is 17.1 Å². The number of nitrogen functional groups attached to an aromatic ring is 1. The van der Waals surface area contributed by atoms with E-state index < -0.39 is 71.2 Å². The number of unbranched alkanes of at least 4 members (excludes halogenated alkanes) is 21. The third kappa shape index (κ3) is 24.8. The summed E-state index contributed by atoms with van der Waals surface area (Å²) in [5.74, 6) is 0.539. The van der Waals surface area contributed by atoms with E-state index in [0.717, 1.165) is 48.8 Å². The van der Waals surface area contributed by atoms with Gasteiger partial charge in [0.15, 0.2) is 6.23 Å². The molecule has 1 fully saturated rings. The zero-order chi connectivity index (χ0) is 43.4. The largest absolute Gasteiger partial charge is 0.481 e. The van der Waals surface area contributed by atoms with Gasteiger partial charge in [-0.2, -0.15) is 21.1 Å². The van der Waals surface area contributed by atoms with Crippen molar-refractivity contribution in [3.05, 3.63) is 22.7 Å². The van der Waals surface area contributed by atoms with Crippen LogP contribution < -0.4 is 11.4 Å². The molecule has 1 aliphatic rings. The van der Waals surface area contributed by atoms with E-state index in [0.29, 0.717) is 6.42 Å². The van der Waals surface area contributed by atoms with Crippen LogP contribution in [0.4, 0.5) is 5.82 Å². The highest BCUT2D eigenvalue weighted by molar-refractivity contribution is 7.99. The van der Waals surface area contributed by atoms with Crippen molar-refractivity contribution in [2.45, 2.75) is 199 Å². The number of esters is 1. The second kappa shape index (κ2) is 31.5. The van der Waals surface area contributed by atoms with Crippen LogP contribution in [-0.2, 0) is 36.8 Å². The topological polar surface area (TPSA) is 239 Å². The standard InChI is InChI=1S/C40H75N3O13P2S/c1-3-5-7-9-11-13-15-17-19-21-23-25-29-59-32-33(54-36(44)26-24-22-20-18-16-14-12-10-8-6-4-2)30-52-57(48,49)56-58(50,51)53-31-34-37(45)38(46)39(55-34)43-28-27-35(41)42-40(43)47/h27-28,33-34,37-39,45-46H,3-26,29-32H2,1-2H3,(H,48,49)(H,50,51)(H2,41,42,47)/t33?,34-,37-,38+,39?/m1/s1. The molecule has 0 aliphatic carbocycles. The van der Waals surface area contributed by atoms with Gasteiger partial charge >= 0.3 is 27.3 Å². The van der Waals surface area contributed by atoms with Crippen LogP contribution in [0.25, 0.3) is 0 Å². The lowest BCUT2D eigenvalue weighted by Crippen LogP contribution is -2.36. The number of phosphoric acid groups is 2. The fourth-order valence-electron chi connectivity index (χ4n) is 6.79. The Balaban J connectivity index is 1.81. The molecule has 59 heavy (non-hydrogen) atoms. The summed E-state index contributed by atoms with van der Waals surface area (Å²) in [7, 11) is -10.6. The van der Waals surface area contributed by atoms with Crippen LogP contribution in [0.3, 0.4) is 0 Å². The van der Waals surface area contributed by atoms with E-state index in [9.17, 15) is 38.7 Å². The van der Waals surface area contributed by atoms with Gasteiger partial charge in [0, 0.05) is 18.4 Å². The number of aromatic nitrogens is 2. The van der Waals surface area contributed by atoms with Gasteiger partial charge in [0.05, 0.1) is 13.2 Å². The van der Waals surface area contributed by atoms with Crippen molar-refractivity contribution in [1.82, 2.24) is 9.55 Å². The lowest BCUT2D eigenvalue weighted by atomic mass is 10.1. The van der Waals surface area contributed by atoms with Gasteiger partial charge in [0.1, 0.15) is 30.2 Å². The third-order valence-electron chi connectivity index (χ3n) is 10.2. The number of hydrogen-bond donors (Lipinski definition) is 5. The van der Waals surface area contributed by atoms with Crippen LogP contribution in [-0.4, -0.2) is 84.7 Å². The highest BCUT2D eigenvalue weighted by Gasteiger charge is 2.46. The van der Waals surface area contributed by atoms with E-state index in [1.807, 2.05) is 0 Å². The third-order valence-corrected chi connectivity index (χ3v) is 14.0. The quantitative estimate of drug-likeness (QED) is 0.0238. The van der Waals surface area contributed by atoms with Gasteiger partial charge in [-0.1, -0.05) is 149 Å². The minimum atomic E-state index is -5.32. The molecule has 0 saturated carbocycles. The summed E-state index contributed by atoms with van der Waals surface area (Å²) in [5.41, 5.74) is 4.61. The number of anilines is 1. The predicted octanol–water partition coefficient (Wildman–Crippen LogP) is 8.74. The molecular weight excluding hydrogens is 824 g/mol. The number of nitrogens with zero attached hydrogens (tertiary/aromatic N) is 2. The molecule has 0 aromatic carbocycles. The molecule has 7 atom stereocenters.